The second-order valence-corrected chi connectivity index (χ2v) is 7.69. The summed E-state index contributed by atoms with van der Waals surface area (Å²) in [7, 11) is 1.47. The number of halogens is 1. The van der Waals surface area contributed by atoms with E-state index in [9.17, 15) is 9.18 Å². The number of amides is 2. The minimum atomic E-state index is -0.330. The molecule has 2 aliphatic heterocycles. The van der Waals surface area contributed by atoms with E-state index in [2.05, 4.69) is 10.2 Å². The van der Waals surface area contributed by atoms with Crippen LogP contribution in [0.25, 0.3) is 0 Å². The van der Waals surface area contributed by atoms with Gasteiger partial charge in [0.05, 0.1) is 7.11 Å². The molecule has 0 radical (unpaired) electrons. The maximum absolute atomic E-state index is 14.1. The Morgan fingerprint density at radius 2 is 2.00 bits per heavy atom. The Morgan fingerprint density at radius 3 is 2.75 bits per heavy atom. The van der Waals surface area contributed by atoms with Gasteiger partial charge in [-0.15, -0.1) is 0 Å². The van der Waals surface area contributed by atoms with E-state index in [0.717, 1.165) is 43.6 Å². The number of nitrogens with one attached hydrogen (secondary N) is 1. The van der Waals surface area contributed by atoms with Crippen LogP contribution in [-0.4, -0.2) is 48.1 Å². The maximum Gasteiger partial charge on any atom is 0.321 e. The molecule has 148 valence electrons. The van der Waals surface area contributed by atoms with Gasteiger partial charge in [0.15, 0.2) is 11.6 Å². The van der Waals surface area contributed by atoms with E-state index in [0.29, 0.717) is 13.1 Å². The normalized spacial score (nSPS) is 22.0. The second-order valence-electron chi connectivity index (χ2n) is 7.69. The topological polar surface area (TPSA) is 44.8 Å². The quantitative estimate of drug-likeness (QED) is 0.864. The summed E-state index contributed by atoms with van der Waals surface area (Å²) in [4.78, 5) is 17.0. The molecular weight excluding hydrogens is 357 g/mol. The minimum Gasteiger partial charge on any atom is -0.494 e. The van der Waals surface area contributed by atoms with Gasteiger partial charge < -0.3 is 15.0 Å². The molecule has 2 aromatic rings. The summed E-state index contributed by atoms with van der Waals surface area (Å²) in [6.07, 6.45) is 3.13. The molecule has 0 aromatic heterocycles. The molecule has 2 amide bonds. The van der Waals surface area contributed by atoms with Crippen molar-refractivity contribution in [1.82, 2.24) is 9.80 Å². The Labute approximate surface area is 165 Å². The molecule has 0 aliphatic carbocycles. The number of benzene rings is 2. The molecule has 2 aliphatic rings. The van der Waals surface area contributed by atoms with E-state index in [1.165, 1.54) is 7.11 Å². The largest absolute Gasteiger partial charge is 0.494 e. The number of likely N-dealkylation sites (tertiary alicyclic amines) is 2. The van der Waals surface area contributed by atoms with Crippen molar-refractivity contribution < 1.29 is 13.9 Å². The summed E-state index contributed by atoms with van der Waals surface area (Å²) in [5.41, 5.74) is 1.74. The van der Waals surface area contributed by atoms with Crippen LogP contribution in [0.15, 0.2) is 48.5 Å². The standard InChI is InChI=1S/C22H26FN3O2/c1-28-20-9-8-17(14-19(20)23)15-26-12-5-10-22(26)11-13-25(16-22)21(27)24-18-6-3-2-4-7-18/h2-4,6-9,14H,5,10-13,15-16H2,1H3,(H,24,27). The van der Waals surface area contributed by atoms with Crippen LogP contribution in [0.1, 0.15) is 24.8 Å². The van der Waals surface area contributed by atoms with Crippen LogP contribution in [0, 0.1) is 5.82 Å². The van der Waals surface area contributed by atoms with Gasteiger partial charge in [-0.1, -0.05) is 24.3 Å². The van der Waals surface area contributed by atoms with E-state index in [4.69, 9.17) is 4.74 Å². The van der Waals surface area contributed by atoms with E-state index < -0.39 is 0 Å². The fourth-order valence-electron chi connectivity index (χ4n) is 4.49. The first-order valence-corrected chi connectivity index (χ1v) is 9.78. The summed E-state index contributed by atoms with van der Waals surface area (Å²) < 4.78 is 19.1. The number of carbonyl (C=O) groups excluding carboxylic acids is 1. The van der Waals surface area contributed by atoms with Gasteiger partial charge in [0.2, 0.25) is 0 Å². The predicted molar refractivity (Wildman–Crippen MR) is 107 cm³/mol. The highest BCUT2D eigenvalue weighted by Crippen LogP contribution is 2.39. The summed E-state index contributed by atoms with van der Waals surface area (Å²) in [6.45, 7) is 3.12. The zero-order valence-corrected chi connectivity index (χ0v) is 16.2. The van der Waals surface area contributed by atoms with Gasteiger partial charge in [-0.2, -0.15) is 0 Å². The Kier molecular flexibility index (Phi) is 5.22. The molecule has 1 atom stereocenters. The van der Waals surface area contributed by atoms with Crippen molar-refractivity contribution in [2.75, 3.05) is 32.1 Å². The zero-order chi connectivity index (χ0) is 19.6. The summed E-state index contributed by atoms with van der Waals surface area (Å²) in [5, 5.41) is 2.98. The number of urea groups is 1. The molecule has 1 N–H and O–H groups in total. The van der Waals surface area contributed by atoms with Gasteiger partial charge in [-0.25, -0.2) is 9.18 Å². The molecule has 5 nitrogen and oxygen atoms in total. The summed E-state index contributed by atoms with van der Waals surface area (Å²) in [5.74, 6) is -0.0620. The van der Waals surface area contributed by atoms with Crippen LogP contribution >= 0.6 is 0 Å². The van der Waals surface area contributed by atoms with Crippen molar-refractivity contribution in [3.63, 3.8) is 0 Å². The van der Waals surface area contributed by atoms with Gasteiger partial charge in [0.1, 0.15) is 0 Å². The Balaban J connectivity index is 1.42. The van der Waals surface area contributed by atoms with E-state index in [1.807, 2.05) is 41.3 Å². The average Bonchev–Trinajstić information content (AvgIpc) is 3.30. The average molecular weight is 383 g/mol. The third kappa shape index (κ3) is 3.69. The SMILES string of the molecule is COc1ccc(CN2CCCC23CCN(C(=O)Nc2ccccc2)C3)cc1F. The highest BCUT2D eigenvalue weighted by Gasteiger charge is 2.47. The maximum atomic E-state index is 14.1. The van der Waals surface area contributed by atoms with Gasteiger partial charge in [0, 0.05) is 30.9 Å². The molecular formula is C22H26FN3O2. The van der Waals surface area contributed by atoms with Crippen LogP contribution < -0.4 is 10.1 Å². The molecule has 4 rings (SSSR count). The third-order valence-electron chi connectivity index (χ3n) is 5.98. The van der Waals surface area contributed by atoms with Gasteiger partial charge in [-0.3, -0.25) is 4.90 Å². The number of para-hydroxylation sites is 1. The third-order valence-corrected chi connectivity index (χ3v) is 5.98. The molecule has 1 unspecified atom stereocenters. The van der Waals surface area contributed by atoms with Gasteiger partial charge in [-0.05, 0) is 55.6 Å². The first kappa shape index (κ1) is 18.7. The van der Waals surface area contributed by atoms with E-state index in [-0.39, 0.29) is 23.1 Å². The Hall–Kier alpha value is -2.60. The summed E-state index contributed by atoms with van der Waals surface area (Å²) >= 11 is 0. The number of rotatable bonds is 4. The monoisotopic (exact) mass is 383 g/mol. The Morgan fingerprint density at radius 1 is 1.18 bits per heavy atom. The number of anilines is 1. The van der Waals surface area contributed by atoms with Crippen LogP contribution in [0.4, 0.5) is 14.9 Å². The molecule has 2 fully saturated rings. The molecule has 6 heteroatoms. The Bertz CT molecular complexity index is 845. The lowest BCUT2D eigenvalue weighted by molar-refractivity contribution is 0.135. The number of hydrogen-bond acceptors (Lipinski definition) is 3. The number of hydrogen-bond donors (Lipinski definition) is 1. The first-order valence-electron chi connectivity index (χ1n) is 9.78. The zero-order valence-electron chi connectivity index (χ0n) is 16.2. The highest BCUT2D eigenvalue weighted by molar-refractivity contribution is 5.89. The van der Waals surface area contributed by atoms with Gasteiger partial charge in [0.25, 0.3) is 0 Å². The second kappa shape index (κ2) is 7.80. The van der Waals surface area contributed by atoms with Crippen molar-refractivity contribution in [3.05, 3.63) is 59.9 Å². The van der Waals surface area contributed by atoms with Crippen LogP contribution in [0.5, 0.6) is 5.75 Å². The molecule has 28 heavy (non-hydrogen) atoms. The predicted octanol–water partition coefficient (Wildman–Crippen LogP) is 4.11. The van der Waals surface area contributed by atoms with Gasteiger partial charge >= 0.3 is 6.03 Å². The minimum absolute atomic E-state index is 0.00949. The van der Waals surface area contributed by atoms with E-state index in [1.54, 1.807) is 12.1 Å². The summed E-state index contributed by atoms with van der Waals surface area (Å²) in [6, 6.07) is 14.6. The first-order chi connectivity index (χ1) is 13.6. The van der Waals surface area contributed by atoms with Crippen molar-refractivity contribution in [2.45, 2.75) is 31.3 Å². The van der Waals surface area contributed by atoms with Crippen LogP contribution in [0.2, 0.25) is 0 Å². The molecule has 0 saturated carbocycles. The van der Waals surface area contributed by atoms with Crippen molar-refractivity contribution in [1.29, 1.82) is 0 Å². The smallest absolute Gasteiger partial charge is 0.321 e. The lowest BCUT2D eigenvalue weighted by Crippen LogP contribution is -2.46. The molecule has 2 aromatic carbocycles. The molecule has 1 spiro atoms. The van der Waals surface area contributed by atoms with Crippen LogP contribution in [-0.2, 0) is 6.54 Å². The van der Waals surface area contributed by atoms with E-state index >= 15 is 0 Å². The van der Waals surface area contributed by atoms with Crippen molar-refractivity contribution in [2.24, 2.45) is 0 Å². The molecule has 0 bridgehead atoms. The number of methoxy groups -OCH3 is 1. The number of ether oxygens (including phenoxy) is 1. The van der Waals surface area contributed by atoms with Crippen molar-refractivity contribution >= 4 is 11.7 Å². The fourth-order valence-corrected chi connectivity index (χ4v) is 4.49. The fraction of sp³-hybridized carbons (Fsp3) is 0.409. The highest BCUT2D eigenvalue weighted by atomic mass is 19.1. The lowest BCUT2D eigenvalue weighted by atomic mass is 9.94. The number of nitrogens with zero attached hydrogens (tertiary/aromatic N) is 2. The van der Waals surface area contributed by atoms with Crippen LogP contribution in [0.3, 0.4) is 0 Å². The van der Waals surface area contributed by atoms with Crippen molar-refractivity contribution in [3.8, 4) is 5.75 Å². The number of carbonyl (C=O) groups is 1. The molecule has 2 saturated heterocycles. The molecule has 2 heterocycles. The lowest BCUT2D eigenvalue weighted by Gasteiger charge is -2.35.